The van der Waals surface area contributed by atoms with Gasteiger partial charge in [0.1, 0.15) is 8.24 Å². The van der Waals surface area contributed by atoms with Crippen molar-refractivity contribution < 1.29 is 13.3 Å². The highest BCUT2D eigenvalue weighted by molar-refractivity contribution is 6.77. The Morgan fingerprint density at radius 2 is 1.33 bits per heavy atom. The molecule has 0 aromatic rings. The lowest BCUT2D eigenvalue weighted by molar-refractivity contribution is 0.122. The molecule has 110 valence electrons. The van der Waals surface area contributed by atoms with Crippen molar-refractivity contribution in [2.75, 3.05) is 34.9 Å². The summed E-state index contributed by atoms with van der Waals surface area (Å²) in [6.45, 7) is 12.7. The first-order valence-electron chi connectivity index (χ1n) is 6.43. The van der Waals surface area contributed by atoms with Gasteiger partial charge in [0.15, 0.2) is 0 Å². The predicted octanol–water partition coefficient (Wildman–Crippen LogP) is 2.80. The molecular formula is C12H31NO3Si2. The van der Waals surface area contributed by atoms with E-state index in [9.17, 15) is 0 Å². The van der Waals surface area contributed by atoms with Gasteiger partial charge in [-0.05, 0) is 18.6 Å². The second-order valence-electron chi connectivity index (χ2n) is 6.28. The summed E-state index contributed by atoms with van der Waals surface area (Å²) < 4.78 is 18.9. The van der Waals surface area contributed by atoms with Crippen molar-refractivity contribution in [2.24, 2.45) is 0 Å². The molecule has 0 saturated carbocycles. The zero-order chi connectivity index (χ0) is 14.6. The summed E-state index contributed by atoms with van der Waals surface area (Å²) in [5.41, 5.74) is 0. The van der Waals surface area contributed by atoms with Gasteiger partial charge in [-0.25, -0.2) is 0 Å². The van der Waals surface area contributed by atoms with E-state index in [1.165, 1.54) is 0 Å². The van der Waals surface area contributed by atoms with E-state index in [-0.39, 0.29) is 0 Å². The summed E-state index contributed by atoms with van der Waals surface area (Å²) >= 11 is 0. The summed E-state index contributed by atoms with van der Waals surface area (Å²) in [5.74, 6) is 0. The van der Waals surface area contributed by atoms with E-state index < -0.39 is 17.0 Å². The molecule has 0 atom stereocenters. The van der Waals surface area contributed by atoms with Crippen LogP contribution >= 0.6 is 0 Å². The van der Waals surface area contributed by atoms with E-state index in [2.05, 4.69) is 45.5 Å². The van der Waals surface area contributed by atoms with E-state index in [1.807, 2.05) is 0 Å². The lowest BCUT2D eigenvalue weighted by Gasteiger charge is -2.44. The maximum Gasteiger partial charge on any atom is 0.501 e. The highest BCUT2D eigenvalue weighted by Crippen LogP contribution is 2.37. The third-order valence-electron chi connectivity index (χ3n) is 4.48. The molecule has 0 aromatic heterocycles. The van der Waals surface area contributed by atoms with Crippen molar-refractivity contribution in [3.63, 3.8) is 0 Å². The van der Waals surface area contributed by atoms with Gasteiger partial charge in [-0.1, -0.05) is 33.9 Å². The Bertz CT molecular complexity index is 242. The number of rotatable bonds is 7. The second-order valence-corrected chi connectivity index (χ2v) is 14.7. The molecule has 0 aromatic carbocycles. The highest BCUT2D eigenvalue weighted by Gasteiger charge is 2.42. The van der Waals surface area contributed by atoms with Crippen molar-refractivity contribution in [3.05, 3.63) is 0 Å². The van der Waals surface area contributed by atoms with Crippen LogP contribution in [-0.2, 0) is 13.3 Å². The van der Waals surface area contributed by atoms with Crippen LogP contribution < -0.4 is 0 Å². The maximum atomic E-state index is 5.47. The predicted molar refractivity (Wildman–Crippen MR) is 81.4 cm³/mol. The van der Waals surface area contributed by atoms with Crippen molar-refractivity contribution in [1.82, 2.24) is 4.57 Å². The SMILES string of the molecule is CO[Si](CCN(C)[Si](C)(C)C(C)(C)C)(OC)OC. The van der Waals surface area contributed by atoms with Crippen LogP contribution in [0.3, 0.4) is 0 Å². The van der Waals surface area contributed by atoms with Crippen LogP contribution in [0, 0.1) is 0 Å². The molecule has 0 saturated heterocycles. The molecule has 18 heavy (non-hydrogen) atoms. The van der Waals surface area contributed by atoms with Crippen LogP contribution in [0.1, 0.15) is 20.8 Å². The molecule has 0 aliphatic heterocycles. The standard InChI is InChI=1S/C12H31NO3Si2/c1-12(2,3)17(8,9)13(4)10-11-18(14-5,15-6)16-7/h10-11H2,1-9H3. The molecule has 0 amide bonds. The minimum absolute atomic E-state index is 0.346. The van der Waals surface area contributed by atoms with Crippen molar-refractivity contribution >= 4 is 17.0 Å². The molecule has 0 bridgehead atoms. The zero-order valence-corrected chi connectivity index (χ0v) is 15.6. The Hall–Kier alpha value is 0.274. The van der Waals surface area contributed by atoms with Crippen LogP contribution in [0.5, 0.6) is 0 Å². The van der Waals surface area contributed by atoms with Gasteiger partial charge in [0.05, 0.1) is 0 Å². The van der Waals surface area contributed by atoms with Crippen molar-refractivity contribution in [3.8, 4) is 0 Å². The first kappa shape index (κ1) is 18.3. The van der Waals surface area contributed by atoms with E-state index in [0.29, 0.717) is 5.04 Å². The maximum absolute atomic E-state index is 5.47. The van der Waals surface area contributed by atoms with Gasteiger partial charge >= 0.3 is 8.80 Å². The second kappa shape index (κ2) is 6.63. The van der Waals surface area contributed by atoms with Crippen molar-refractivity contribution in [2.45, 2.75) is 44.9 Å². The van der Waals surface area contributed by atoms with Gasteiger partial charge in [0.2, 0.25) is 0 Å². The van der Waals surface area contributed by atoms with Crippen molar-refractivity contribution in [1.29, 1.82) is 0 Å². The average Bonchev–Trinajstić information content (AvgIpc) is 2.29. The monoisotopic (exact) mass is 293 g/mol. The van der Waals surface area contributed by atoms with Gasteiger partial charge in [0.25, 0.3) is 0 Å². The molecule has 0 radical (unpaired) electrons. The fourth-order valence-electron chi connectivity index (χ4n) is 1.71. The highest BCUT2D eigenvalue weighted by atomic mass is 28.4. The van der Waals surface area contributed by atoms with E-state index in [0.717, 1.165) is 12.6 Å². The Labute approximate surface area is 115 Å². The van der Waals surface area contributed by atoms with Crippen LogP contribution in [0.4, 0.5) is 0 Å². The Kier molecular flexibility index (Phi) is 6.73. The Balaban J connectivity index is 4.64. The van der Waals surface area contributed by atoms with Gasteiger partial charge < -0.3 is 17.8 Å². The lowest BCUT2D eigenvalue weighted by Crippen LogP contribution is -2.55. The van der Waals surface area contributed by atoms with E-state index in [1.54, 1.807) is 21.3 Å². The first-order valence-corrected chi connectivity index (χ1v) is 11.3. The first-order chi connectivity index (χ1) is 8.06. The Morgan fingerprint density at radius 3 is 1.61 bits per heavy atom. The summed E-state index contributed by atoms with van der Waals surface area (Å²) in [6.07, 6.45) is 0. The Morgan fingerprint density at radius 1 is 0.944 bits per heavy atom. The molecule has 0 spiro atoms. The zero-order valence-electron chi connectivity index (χ0n) is 13.6. The molecule has 0 unspecified atom stereocenters. The molecule has 0 N–H and O–H groups in total. The third-order valence-corrected chi connectivity index (χ3v) is 13.0. The number of nitrogens with zero attached hydrogens (tertiary/aromatic N) is 1. The molecular weight excluding hydrogens is 262 g/mol. The smallest absolute Gasteiger partial charge is 0.377 e. The fraction of sp³-hybridized carbons (Fsp3) is 1.00. The molecule has 0 rings (SSSR count). The van der Waals surface area contributed by atoms with Crippen LogP contribution in [0.2, 0.25) is 24.2 Å². The van der Waals surface area contributed by atoms with E-state index >= 15 is 0 Å². The summed E-state index contributed by atoms with van der Waals surface area (Å²) in [7, 11) is 3.33. The molecule has 0 aliphatic rings. The van der Waals surface area contributed by atoms with Crippen LogP contribution in [0.25, 0.3) is 0 Å². The minimum Gasteiger partial charge on any atom is -0.377 e. The van der Waals surface area contributed by atoms with Crippen LogP contribution in [0.15, 0.2) is 0 Å². The number of hydrogen-bond acceptors (Lipinski definition) is 4. The third kappa shape index (κ3) is 4.14. The van der Waals surface area contributed by atoms with E-state index in [4.69, 9.17) is 13.3 Å². The molecule has 0 fully saturated rings. The quantitative estimate of drug-likeness (QED) is 0.675. The minimum atomic E-state index is -2.44. The lowest BCUT2D eigenvalue weighted by atomic mass is 10.2. The topological polar surface area (TPSA) is 30.9 Å². The van der Waals surface area contributed by atoms with Gasteiger partial charge in [-0.3, -0.25) is 0 Å². The molecule has 4 nitrogen and oxygen atoms in total. The average molecular weight is 294 g/mol. The van der Waals surface area contributed by atoms with Gasteiger partial charge in [-0.2, -0.15) is 0 Å². The van der Waals surface area contributed by atoms with Gasteiger partial charge in [-0.15, -0.1) is 0 Å². The summed E-state index contributed by atoms with van der Waals surface area (Å²) in [6, 6.07) is 0.833. The normalized spacial score (nSPS) is 14.3. The summed E-state index contributed by atoms with van der Waals surface area (Å²) in [5, 5.41) is 0.346. The van der Waals surface area contributed by atoms with Crippen LogP contribution in [-0.4, -0.2) is 56.5 Å². The number of hydrogen-bond donors (Lipinski definition) is 0. The van der Waals surface area contributed by atoms with Gasteiger partial charge in [0, 0.05) is 27.4 Å². The summed E-state index contributed by atoms with van der Waals surface area (Å²) in [4.78, 5) is 0. The molecule has 0 aliphatic carbocycles. The molecule has 0 heterocycles. The largest absolute Gasteiger partial charge is 0.501 e. The fourth-order valence-corrected chi connectivity index (χ4v) is 5.47. The molecule has 6 heteroatoms.